The van der Waals surface area contributed by atoms with Gasteiger partial charge in [-0.15, -0.1) is 11.3 Å². The summed E-state index contributed by atoms with van der Waals surface area (Å²) < 4.78 is 88.9. The van der Waals surface area contributed by atoms with Crippen molar-refractivity contribution in [2.45, 2.75) is 26.2 Å². The molecule has 14 heteroatoms. The van der Waals surface area contributed by atoms with Crippen molar-refractivity contribution >= 4 is 45.3 Å². The van der Waals surface area contributed by atoms with Crippen molar-refractivity contribution in [3.8, 4) is 11.5 Å². The molecule has 0 fully saturated rings. The summed E-state index contributed by atoms with van der Waals surface area (Å²) in [6.45, 7) is 0.174. The number of hydrogen-bond acceptors (Lipinski definition) is 6. The SMILES string of the molecule is COC(=O)c1c(NC(=S)Nc2cc(OCC(F)(F)F)cc(OCC(F)(F)F)c2)sc(C)c1C. The number of carbonyl (C=O) groups excluding carboxylic acids is 1. The van der Waals surface area contributed by atoms with E-state index in [-0.39, 0.29) is 16.4 Å². The number of thiophene rings is 1. The van der Waals surface area contributed by atoms with Gasteiger partial charge in [-0.3, -0.25) is 0 Å². The van der Waals surface area contributed by atoms with Crippen molar-refractivity contribution in [3.63, 3.8) is 0 Å². The van der Waals surface area contributed by atoms with E-state index in [9.17, 15) is 31.1 Å². The standard InChI is InChI=1S/C19H18F6N2O4S2/c1-9-10(2)33-15(14(9)16(28)29-3)27-17(32)26-11-4-12(30-7-18(20,21)22)6-13(5-11)31-8-19(23,24)25/h4-6H,7-8H2,1-3H3,(H2,26,27,32). The fraction of sp³-hybridized carbons (Fsp3) is 0.368. The van der Waals surface area contributed by atoms with Gasteiger partial charge in [-0.2, -0.15) is 26.3 Å². The van der Waals surface area contributed by atoms with Crippen molar-refractivity contribution in [3.05, 3.63) is 34.2 Å². The topological polar surface area (TPSA) is 68.8 Å². The molecule has 0 aliphatic carbocycles. The molecule has 0 atom stereocenters. The molecule has 2 N–H and O–H groups in total. The Labute approximate surface area is 193 Å². The molecule has 0 bridgehead atoms. The average Bonchev–Trinajstić information content (AvgIpc) is 2.96. The van der Waals surface area contributed by atoms with Crippen LogP contribution in [0.1, 0.15) is 20.8 Å². The largest absolute Gasteiger partial charge is 0.484 e. The molecule has 2 aromatic rings. The first-order valence-corrected chi connectivity index (χ1v) is 10.2. The number of esters is 1. The molecule has 6 nitrogen and oxygen atoms in total. The van der Waals surface area contributed by atoms with Crippen LogP contribution in [-0.2, 0) is 4.74 Å². The minimum atomic E-state index is -4.66. The van der Waals surface area contributed by atoms with Crippen LogP contribution in [0.5, 0.6) is 11.5 Å². The molecule has 0 aliphatic heterocycles. The molecule has 182 valence electrons. The fourth-order valence-corrected chi connectivity index (χ4v) is 3.81. The van der Waals surface area contributed by atoms with Gasteiger partial charge in [-0.1, -0.05) is 0 Å². The van der Waals surface area contributed by atoms with Crippen LogP contribution in [0.4, 0.5) is 37.0 Å². The minimum absolute atomic E-state index is 0.00559. The van der Waals surface area contributed by atoms with Gasteiger partial charge in [0.05, 0.1) is 12.7 Å². The van der Waals surface area contributed by atoms with E-state index in [0.717, 1.165) is 23.1 Å². The van der Waals surface area contributed by atoms with Gasteiger partial charge in [0.1, 0.15) is 16.5 Å². The van der Waals surface area contributed by atoms with Gasteiger partial charge in [-0.25, -0.2) is 4.79 Å². The zero-order valence-corrected chi connectivity index (χ0v) is 19.0. The Bertz CT molecular complexity index is 985. The second kappa shape index (κ2) is 10.5. The number of alkyl halides is 6. The highest BCUT2D eigenvalue weighted by Gasteiger charge is 2.30. The molecule has 0 spiro atoms. The molecule has 1 heterocycles. The quantitative estimate of drug-likeness (QED) is 0.272. The Morgan fingerprint density at radius 1 is 0.970 bits per heavy atom. The number of methoxy groups -OCH3 is 1. The monoisotopic (exact) mass is 516 g/mol. The third-order valence-corrected chi connectivity index (χ3v) is 5.27. The highest BCUT2D eigenvalue weighted by Crippen LogP contribution is 2.34. The Balaban J connectivity index is 2.25. The van der Waals surface area contributed by atoms with Crippen molar-refractivity contribution in [1.29, 1.82) is 0 Å². The lowest BCUT2D eigenvalue weighted by molar-refractivity contribution is -0.153. The number of halogens is 6. The van der Waals surface area contributed by atoms with Crippen LogP contribution in [0.25, 0.3) is 0 Å². The van der Waals surface area contributed by atoms with E-state index in [0.29, 0.717) is 10.6 Å². The highest BCUT2D eigenvalue weighted by atomic mass is 32.1. The fourth-order valence-electron chi connectivity index (χ4n) is 2.47. The first-order chi connectivity index (χ1) is 15.2. The lowest BCUT2D eigenvalue weighted by Gasteiger charge is -2.16. The smallest absolute Gasteiger partial charge is 0.422 e. The maximum atomic E-state index is 12.5. The molecule has 1 aromatic carbocycles. The molecular weight excluding hydrogens is 498 g/mol. The maximum Gasteiger partial charge on any atom is 0.422 e. The minimum Gasteiger partial charge on any atom is -0.484 e. The van der Waals surface area contributed by atoms with Crippen molar-refractivity contribution < 1.29 is 45.3 Å². The van der Waals surface area contributed by atoms with Gasteiger partial charge in [0.2, 0.25) is 0 Å². The Morgan fingerprint density at radius 2 is 1.48 bits per heavy atom. The zero-order chi connectivity index (χ0) is 25.0. The van der Waals surface area contributed by atoms with E-state index < -0.39 is 43.0 Å². The van der Waals surface area contributed by atoms with Gasteiger partial charge >= 0.3 is 18.3 Å². The van der Waals surface area contributed by atoms with Crippen molar-refractivity contribution in [2.24, 2.45) is 0 Å². The van der Waals surface area contributed by atoms with Crippen LogP contribution in [0.2, 0.25) is 0 Å². The van der Waals surface area contributed by atoms with Gasteiger partial charge in [-0.05, 0) is 31.6 Å². The molecule has 0 amide bonds. The first kappa shape index (κ1) is 26.5. The Kier molecular flexibility index (Phi) is 8.41. The van der Waals surface area contributed by atoms with Crippen molar-refractivity contribution in [1.82, 2.24) is 0 Å². The van der Waals surface area contributed by atoms with Gasteiger partial charge in [0, 0.05) is 28.8 Å². The summed E-state index contributed by atoms with van der Waals surface area (Å²) in [5.41, 5.74) is 0.914. The molecule has 0 radical (unpaired) electrons. The molecular formula is C19H18F6N2O4S2. The van der Waals surface area contributed by atoms with Crippen LogP contribution < -0.4 is 20.1 Å². The highest BCUT2D eigenvalue weighted by molar-refractivity contribution is 7.80. The summed E-state index contributed by atoms with van der Waals surface area (Å²) in [4.78, 5) is 12.9. The number of thiocarbonyl (C=S) groups is 1. The van der Waals surface area contributed by atoms with Crippen LogP contribution in [0.15, 0.2) is 18.2 Å². The van der Waals surface area contributed by atoms with Crippen LogP contribution in [0.3, 0.4) is 0 Å². The van der Waals surface area contributed by atoms with Crippen LogP contribution in [0, 0.1) is 13.8 Å². The van der Waals surface area contributed by atoms with E-state index in [2.05, 4.69) is 20.1 Å². The Morgan fingerprint density at radius 3 is 1.94 bits per heavy atom. The van der Waals surface area contributed by atoms with Crippen LogP contribution >= 0.6 is 23.6 Å². The first-order valence-electron chi connectivity index (χ1n) is 8.99. The number of rotatable bonds is 7. The normalized spacial score (nSPS) is 11.7. The second-order valence-electron chi connectivity index (χ2n) is 6.56. The van der Waals surface area contributed by atoms with E-state index >= 15 is 0 Å². The van der Waals surface area contributed by atoms with Crippen molar-refractivity contribution in [2.75, 3.05) is 31.0 Å². The summed E-state index contributed by atoms with van der Waals surface area (Å²) in [5.74, 6) is -1.39. The number of anilines is 2. The molecule has 0 unspecified atom stereocenters. The predicted octanol–water partition coefficient (Wildman–Crippen LogP) is 5.84. The molecule has 0 saturated heterocycles. The molecule has 0 saturated carbocycles. The molecule has 0 aliphatic rings. The van der Waals surface area contributed by atoms with Gasteiger partial charge in [0.15, 0.2) is 18.3 Å². The summed E-state index contributed by atoms with van der Waals surface area (Å²) in [6.07, 6.45) is -9.32. The number of carbonyl (C=O) groups is 1. The number of nitrogens with one attached hydrogen (secondary N) is 2. The number of hydrogen-bond donors (Lipinski definition) is 2. The van der Waals surface area contributed by atoms with Gasteiger partial charge < -0.3 is 24.8 Å². The number of aryl methyl sites for hydroxylation is 1. The zero-order valence-electron chi connectivity index (χ0n) is 17.4. The molecule has 2 rings (SSSR count). The maximum absolute atomic E-state index is 12.5. The summed E-state index contributed by atoms with van der Waals surface area (Å²) in [6, 6.07) is 3.10. The number of benzene rings is 1. The summed E-state index contributed by atoms with van der Waals surface area (Å²) >= 11 is 6.39. The molecule has 33 heavy (non-hydrogen) atoms. The predicted molar refractivity (Wildman–Crippen MR) is 115 cm³/mol. The number of ether oxygens (including phenoxy) is 3. The summed E-state index contributed by atoms with van der Waals surface area (Å²) in [5, 5.41) is 5.68. The molecule has 1 aromatic heterocycles. The third-order valence-electron chi connectivity index (χ3n) is 3.94. The average molecular weight is 516 g/mol. The second-order valence-corrected chi connectivity index (χ2v) is 8.19. The lowest BCUT2D eigenvalue weighted by atomic mass is 10.1. The van der Waals surface area contributed by atoms with E-state index in [4.69, 9.17) is 17.0 Å². The Hall–Kier alpha value is -2.74. The van der Waals surface area contributed by atoms with Crippen LogP contribution in [-0.4, -0.2) is 43.8 Å². The summed E-state index contributed by atoms with van der Waals surface area (Å²) in [7, 11) is 1.21. The lowest BCUT2D eigenvalue weighted by Crippen LogP contribution is -2.22. The van der Waals surface area contributed by atoms with E-state index in [1.165, 1.54) is 18.4 Å². The van der Waals surface area contributed by atoms with Gasteiger partial charge in [0.25, 0.3) is 0 Å². The van der Waals surface area contributed by atoms with E-state index in [1.807, 2.05) is 0 Å². The van der Waals surface area contributed by atoms with E-state index in [1.54, 1.807) is 13.8 Å². The third kappa shape index (κ3) is 8.28.